The summed E-state index contributed by atoms with van der Waals surface area (Å²) in [5.41, 5.74) is 0.950. The van der Waals surface area contributed by atoms with E-state index >= 15 is 0 Å². The molecule has 0 amide bonds. The Kier molecular flexibility index (Phi) is 3.88. The van der Waals surface area contributed by atoms with E-state index in [0.717, 1.165) is 25.2 Å². The van der Waals surface area contributed by atoms with Gasteiger partial charge in [0.1, 0.15) is 17.4 Å². The van der Waals surface area contributed by atoms with Crippen LogP contribution in [0.1, 0.15) is 31.2 Å². The van der Waals surface area contributed by atoms with E-state index in [9.17, 15) is 9.65 Å². The molecule has 0 radical (unpaired) electrons. The Morgan fingerprint density at radius 2 is 1.95 bits per heavy atom. The topological polar surface area (TPSA) is 30.3 Å². The number of hydrogen-bond acceptors (Lipinski definition) is 3. The summed E-state index contributed by atoms with van der Waals surface area (Å²) in [5, 5.41) is 9.18. The van der Waals surface area contributed by atoms with Gasteiger partial charge < -0.3 is 4.90 Å². The molecule has 0 bridgehead atoms. The fourth-order valence-electron chi connectivity index (χ4n) is 3.47. The Hall–Kier alpha value is -1.60. The van der Waals surface area contributed by atoms with Crippen molar-refractivity contribution in [1.29, 1.82) is 5.26 Å². The predicted octanol–water partition coefficient (Wildman–Crippen LogP) is 2.76. The molecule has 0 aromatic heterocycles. The molecule has 0 spiro atoms. The van der Waals surface area contributed by atoms with E-state index < -0.39 is 5.82 Å². The number of anilines is 1. The molecule has 2 aliphatic rings. The summed E-state index contributed by atoms with van der Waals surface area (Å²) < 4.78 is 13.7. The lowest BCUT2D eigenvalue weighted by Gasteiger charge is -2.39. The van der Waals surface area contributed by atoms with Gasteiger partial charge in [-0.05, 0) is 50.9 Å². The molecular formula is C16H20FN3. The van der Waals surface area contributed by atoms with Crippen molar-refractivity contribution in [3.63, 3.8) is 0 Å². The first kappa shape index (κ1) is 13.4. The van der Waals surface area contributed by atoms with E-state index in [1.165, 1.54) is 38.4 Å². The van der Waals surface area contributed by atoms with Crippen molar-refractivity contribution in [2.45, 2.75) is 31.7 Å². The molecule has 1 aromatic carbocycles. The third-order valence-electron chi connectivity index (χ3n) is 4.50. The van der Waals surface area contributed by atoms with Crippen LogP contribution in [0.2, 0.25) is 0 Å². The second-order valence-electron chi connectivity index (χ2n) is 5.73. The first-order valence-corrected chi connectivity index (χ1v) is 7.47. The van der Waals surface area contributed by atoms with Crippen LogP contribution in [-0.2, 0) is 0 Å². The summed E-state index contributed by atoms with van der Waals surface area (Å²) in [7, 11) is 0. The maximum atomic E-state index is 13.7. The molecule has 2 fully saturated rings. The average Bonchev–Trinajstić information content (AvgIpc) is 3.01. The van der Waals surface area contributed by atoms with E-state index in [1.54, 1.807) is 6.07 Å². The summed E-state index contributed by atoms with van der Waals surface area (Å²) in [4.78, 5) is 4.74. The maximum Gasteiger partial charge on any atom is 0.143 e. The van der Waals surface area contributed by atoms with E-state index in [4.69, 9.17) is 0 Å². The number of piperidine rings is 1. The minimum Gasteiger partial charge on any atom is -0.369 e. The summed E-state index contributed by atoms with van der Waals surface area (Å²) in [6.07, 6.45) is 4.91. The molecule has 2 aliphatic heterocycles. The number of nitrogens with zero attached hydrogens (tertiary/aromatic N) is 3. The Balaban J connectivity index is 1.80. The summed E-state index contributed by atoms with van der Waals surface area (Å²) >= 11 is 0. The molecule has 0 aliphatic carbocycles. The highest BCUT2D eigenvalue weighted by molar-refractivity contribution is 5.60. The van der Waals surface area contributed by atoms with Crippen molar-refractivity contribution in [1.82, 2.24) is 4.90 Å². The second-order valence-corrected chi connectivity index (χ2v) is 5.73. The highest BCUT2D eigenvalue weighted by Gasteiger charge is 2.28. The Morgan fingerprint density at radius 1 is 1.15 bits per heavy atom. The smallest absolute Gasteiger partial charge is 0.143 e. The lowest BCUT2D eigenvalue weighted by atomic mass is 10.0. The predicted molar refractivity (Wildman–Crippen MR) is 77.2 cm³/mol. The van der Waals surface area contributed by atoms with Crippen LogP contribution in [0.5, 0.6) is 0 Å². The van der Waals surface area contributed by atoms with Crippen LogP contribution < -0.4 is 4.90 Å². The summed E-state index contributed by atoms with van der Waals surface area (Å²) in [5.74, 6) is -0.409. The zero-order chi connectivity index (χ0) is 13.9. The van der Waals surface area contributed by atoms with Crippen molar-refractivity contribution in [3.05, 3.63) is 29.6 Å². The van der Waals surface area contributed by atoms with Gasteiger partial charge in [0, 0.05) is 19.1 Å². The largest absolute Gasteiger partial charge is 0.369 e. The fraction of sp³-hybridized carbons (Fsp3) is 0.562. The SMILES string of the molecule is N#Cc1c(F)cccc1N1CCC[C@H](N2CCCC2)C1. The molecule has 1 aromatic rings. The van der Waals surface area contributed by atoms with Gasteiger partial charge in [0.05, 0.1) is 5.69 Å². The van der Waals surface area contributed by atoms with Crippen LogP contribution in [0, 0.1) is 17.1 Å². The van der Waals surface area contributed by atoms with Crippen LogP contribution in [-0.4, -0.2) is 37.1 Å². The Morgan fingerprint density at radius 3 is 2.70 bits per heavy atom. The molecule has 0 N–H and O–H groups in total. The number of nitriles is 1. The normalized spacial score (nSPS) is 23.8. The monoisotopic (exact) mass is 273 g/mol. The van der Waals surface area contributed by atoms with Crippen molar-refractivity contribution in [2.24, 2.45) is 0 Å². The molecule has 3 rings (SSSR count). The van der Waals surface area contributed by atoms with Crippen LogP contribution in [0.4, 0.5) is 10.1 Å². The lowest BCUT2D eigenvalue weighted by Crippen LogP contribution is -2.47. The van der Waals surface area contributed by atoms with Crippen molar-refractivity contribution in [3.8, 4) is 6.07 Å². The minimum absolute atomic E-state index is 0.189. The first-order chi connectivity index (χ1) is 9.79. The highest BCUT2D eigenvalue weighted by Crippen LogP contribution is 2.28. The zero-order valence-corrected chi connectivity index (χ0v) is 11.7. The quantitative estimate of drug-likeness (QED) is 0.830. The molecule has 4 heteroatoms. The maximum absolute atomic E-state index is 13.7. The standard InChI is InChI=1S/C16H20FN3/c17-15-6-3-7-16(14(15)11-18)20-10-4-5-13(12-20)19-8-1-2-9-19/h3,6-7,13H,1-2,4-5,8-10,12H2/t13-/m0/s1. The van der Waals surface area contributed by atoms with E-state index in [2.05, 4.69) is 9.80 Å². The number of halogens is 1. The number of rotatable bonds is 2. The van der Waals surface area contributed by atoms with Gasteiger partial charge in [-0.25, -0.2) is 4.39 Å². The van der Waals surface area contributed by atoms with Crippen molar-refractivity contribution in [2.75, 3.05) is 31.1 Å². The van der Waals surface area contributed by atoms with E-state index in [0.29, 0.717) is 6.04 Å². The van der Waals surface area contributed by atoms with Crippen LogP contribution in [0.15, 0.2) is 18.2 Å². The minimum atomic E-state index is -0.409. The van der Waals surface area contributed by atoms with E-state index in [1.807, 2.05) is 12.1 Å². The molecule has 1 atom stereocenters. The average molecular weight is 273 g/mol. The molecule has 2 saturated heterocycles. The van der Waals surface area contributed by atoms with Gasteiger partial charge in [-0.2, -0.15) is 5.26 Å². The molecule has 0 unspecified atom stereocenters. The summed E-state index contributed by atoms with van der Waals surface area (Å²) in [6.45, 7) is 4.21. The van der Waals surface area contributed by atoms with Gasteiger partial charge >= 0.3 is 0 Å². The van der Waals surface area contributed by atoms with Crippen LogP contribution in [0.25, 0.3) is 0 Å². The number of likely N-dealkylation sites (tertiary alicyclic amines) is 1. The van der Waals surface area contributed by atoms with E-state index in [-0.39, 0.29) is 5.56 Å². The molecule has 3 nitrogen and oxygen atoms in total. The lowest BCUT2D eigenvalue weighted by molar-refractivity contribution is 0.215. The molecular weight excluding hydrogens is 253 g/mol. The third kappa shape index (κ3) is 2.51. The third-order valence-corrected chi connectivity index (χ3v) is 4.50. The van der Waals surface area contributed by atoms with Gasteiger partial charge in [-0.1, -0.05) is 6.07 Å². The highest BCUT2D eigenvalue weighted by atomic mass is 19.1. The zero-order valence-electron chi connectivity index (χ0n) is 11.7. The van der Waals surface area contributed by atoms with Gasteiger partial charge in [0.2, 0.25) is 0 Å². The van der Waals surface area contributed by atoms with Crippen molar-refractivity contribution < 1.29 is 4.39 Å². The molecule has 20 heavy (non-hydrogen) atoms. The van der Waals surface area contributed by atoms with Gasteiger partial charge in [-0.3, -0.25) is 4.90 Å². The van der Waals surface area contributed by atoms with Crippen LogP contribution >= 0.6 is 0 Å². The van der Waals surface area contributed by atoms with Crippen molar-refractivity contribution >= 4 is 5.69 Å². The second kappa shape index (κ2) is 5.80. The first-order valence-electron chi connectivity index (χ1n) is 7.47. The number of benzene rings is 1. The fourth-order valence-corrected chi connectivity index (χ4v) is 3.47. The number of hydrogen-bond donors (Lipinski definition) is 0. The van der Waals surface area contributed by atoms with Crippen LogP contribution in [0.3, 0.4) is 0 Å². The molecule has 2 heterocycles. The van der Waals surface area contributed by atoms with Gasteiger partial charge in [0.15, 0.2) is 0 Å². The summed E-state index contributed by atoms with van der Waals surface area (Å²) in [6, 6.07) is 7.51. The Bertz CT molecular complexity index is 517. The van der Waals surface area contributed by atoms with Gasteiger partial charge in [-0.15, -0.1) is 0 Å². The molecule has 0 saturated carbocycles. The Labute approximate surface area is 119 Å². The molecule has 106 valence electrons. The van der Waals surface area contributed by atoms with Gasteiger partial charge in [0.25, 0.3) is 0 Å².